The van der Waals surface area contributed by atoms with Gasteiger partial charge in [-0.2, -0.15) is 0 Å². The third-order valence-electron chi connectivity index (χ3n) is 3.68. The first-order chi connectivity index (χ1) is 9.90. The molecule has 1 aromatic carbocycles. The van der Waals surface area contributed by atoms with Crippen molar-refractivity contribution < 1.29 is 9.72 Å². The number of rotatable bonds is 3. The zero-order valence-electron chi connectivity index (χ0n) is 12.1. The first kappa shape index (κ1) is 15.6. The van der Waals surface area contributed by atoms with Gasteiger partial charge in [-0.15, -0.1) is 0 Å². The molecular formula is C14H18ClN3O3. The molecule has 0 radical (unpaired) electrons. The molecule has 1 N–H and O–H groups in total. The van der Waals surface area contributed by atoms with Crippen molar-refractivity contribution >= 4 is 34.6 Å². The summed E-state index contributed by atoms with van der Waals surface area (Å²) in [7, 11) is 0. The van der Waals surface area contributed by atoms with E-state index in [-0.39, 0.29) is 22.7 Å². The minimum atomic E-state index is -0.430. The fourth-order valence-corrected chi connectivity index (χ4v) is 2.87. The second-order valence-electron chi connectivity index (χ2n) is 5.30. The van der Waals surface area contributed by atoms with Crippen LogP contribution in [-0.2, 0) is 4.79 Å². The molecule has 1 atom stereocenters. The third kappa shape index (κ3) is 3.44. The van der Waals surface area contributed by atoms with Crippen LogP contribution < -0.4 is 10.2 Å². The van der Waals surface area contributed by atoms with E-state index in [4.69, 9.17) is 11.6 Å². The maximum absolute atomic E-state index is 11.3. The Morgan fingerprint density at radius 3 is 2.76 bits per heavy atom. The number of hydrogen-bond acceptors (Lipinski definition) is 4. The number of hydrogen-bond donors (Lipinski definition) is 1. The highest BCUT2D eigenvalue weighted by molar-refractivity contribution is 6.34. The predicted octanol–water partition coefficient (Wildman–Crippen LogP) is 3.59. The Kier molecular flexibility index (Phi) is 4.67. The number of halogens is 1. The van der Waals surface area contributed by atoms with Crippen molar-refractivity contribution in [2.24, 2.45) is 0 Å². The molecule has 0 spiro atoms. The lowest BCUT2D eigenvalue weighted by molar-refractivity contribution is -0.384. The Morgan fingerprint density at radius 1 is 1.48 bits per heavy atom. The van der Waals surface area contributed by atoms with E-state index >= 15 is 0 Å². The molecule has 0 bridgehead atoms. The van der Waals surface area contributed by atoms with Crippen molar-refractivity contribution in [2.75, 3.05) is 16.8 Å². The highest BCUT2D eigenvalue weighted by Gasteiger charge is 2.27. The van der Waals surface area contributed by atoms with Gasteiger partial charge in [-0.25, -0.2) is 0 Å². The van der Waals surface area contributed by atoms with Crippen LogP contribution in [0.4, 0.5) is 17.1 Å². The van der Waals surface area contributed by atoms with Crippen LogP contribution in [0, 0.1) is 10.1 Å². The van der Waals surface area contributed by atoms with Crippen LogP contribution in [-0.4, -0.2) is 23.4 Å². The molecule has 114 valence electrons. The molecule has 1 aliphatic rings. The van der Waals surface area contributed by atoms with E-state index < -0.39 is 4.92 Å². The van der Waals surface area contributed by atoms with E-state index in [0.29, 0.717) is 11.4 Å². The number of amides is 1. The van der Waals surface area contributed by atoms with E-state index in [2.05, 4.69) is 12.2 Å². The number of piperidine rings is 1. The molecule has 7 heteroatoms. The summed E-state index contributed by atoms with van der Waals surface area (Å²) >= 11 is 6.03. The van der Waals surface area contributed by atoms with Crippen molar-refractivity contribution in [3.05, 3.63) is 27.3 Å². The van der Waals surface area contributed by atoms with Gasteiger partial charge in [0, 0.05) is 25.6 Å². The summed E-state index contributed by atoms with van der Waals surface area (Å²) in [4.78, 5) is 24.1. The monoisotopic (exact) mass is 311 g/mol. The van der Waals surface area contributed by atoms with Crippen LogP contribution in [0.5, 0.6) is 0 Å². The molecule has 0 unspecified atom stereocenters. The smallest absolute Gasteiger partial charge is 0.294 e. The number of carbonyl (C=O) groups is 1. The lowest BCUT2D eigenvalue weighted by atomic mass is 10.0. The second kappa shape index (κ2) is 6.30. The summed E-state index contributed by atoms with van der Waals surface area (Å²) in [6.07, 6.45) is 3.12. The second-order valence-corrected chi connectivity index (χ2v) is 5.70. The van der Waals surface area contributed by atoms with Gasteiger partial charge in [0.25, 0.3) is 5.69 Å². The minimum absolute atomic E-state index is 0.0251. The summed E-state index contributed by atoms with van der Waals surface area (Å²) in [6.45, 7) is 4.19. The van der Waals surface area contributed by atoms with Crippen molar-refractivity contribution in [1.29, 1.82) is 0 Å². The Labute approximate surface area is 128 Å². The summed E-state index contributed by atoms with van der Waals surface area (Å²) in [5, 5.41) is 14.1. The Balaban J connectivity index is 2.49. The average molecular weight is 312 g/mol. The topological polar surface area (TPSA) is 75.5 Å². The van der Waals surface area contributed by atoms with Crippen molar-refractivity contribution in [3.8, 4) is 0 Å². The maximum Gasteiger partial charge on any atom is 0.294 e. The number of anilines is 2. The lowest BCUT2D eigenvalue weighted by Crippen LogP contribution is -2.37. The van der Waals surface area contributed by atoms with Crippen molar-refractivity contribution in [2.45, 2.75) is 39.2 Å². The van der Waals surface area contributed by atoms with Gasteiger partial charge in [0.05, 0.1) is 15.6 Å². The molecule has 6 nitrogen and oxygen atoms in total. The lowest BCUT2D eigenvalue weighted by Gasteiger charge is -2.35. The average Bonchev–Trinajstić information content (AvgIpc) is 2.40. The number of nitro groups is 1. The van der Waals surface area contributed by atoms with Crippen LogP contribution in [0.2, 0.25) is 5.02 Å². The Bertz CT molecular complexity index is 577. The summed E-state index contributed by atoms with van der Waals surface area (Å²) in [5.74, 6) is -0.261. The summed E-state index contributed by atoms with van der Waals surface area (Å²) < 4.78 is 0. The number of carbonyl (C=O) groups excluding carboxylic acids is 1. The molecule has 1 aromatic rings. The molecule has 0 saturated carbocycles. The summed E-state index contributed by atoms with van der Waals surface area (Å²) in [5.41, 5.74) is 0.894. The van der Waals surface area contributed by atoms with Gasteiger partial charge in [-0.05, 0) is 32.3 Å². The summed E-state index contributed by atoms with van der Waals surface area (Å²) in [6, 6.07) is 3.14. The van der Waals surface area contributed by atoms with Gasteiger partial charge in [-0.3, -0.25) is 14.9 Å². The van der Waals surface area contributed by atoms with Crippen LogP contribution >= 0.6 is 11.6 Å². The van der Waals surface area contributed by atoms with Gasteiger partial charge in [0.2, 0.25) is 5.91 Å². The van der Waals surface area contributed by atoms with Crippen LogP contribution in [0.15, 0.2) is 12.1 Å². The predicted molar refractivity (Wildman–Crippen MR) is 83.1 cm³/mol. The molecule has 1 heterocycles. The van der Waals surface area contributed by atoms with E-state index in [1.54, 1.807) is 6.07 Å². The van der Waals surface area contributed by atoms with E-state index in [0.717, 1.165) is 25.8 Å². The number of nitrogens with zero attached hydrogens (tertiary/aromatic N) is 2. The molecule has 21 heavy (non-hydrogen) atoms. The highest BCUT2D eigenvalue weighted by Crippen LogP contribution is 2.39. The molecule has 0 aromatic heterocycles. The van der Waals surface area contributed by atoms with Crippen molar-refractivity contribution in [3.63, 3.8) is 0 Å². The Morgan fingerprint density at radius 2 is 2.19 bits per heavy atom. The molecular weight excluding hydrogens is 294 g/mol. The van der Waals surface area contributed by atoms with Crippen LogP contribution in [0.3, 0.4) is 0 Å². The maximum atomic E-state index is 11.3. The highest BCUT2D eigenvalue weighted by atomic mass is 35.5. The zero-order valence-corrected chi connectivity index (χ0v) is 12.8. The molecule has 1 amide bonds. The van der Waals surface area contributed by atoms with E-state index in [1.165, 1.54) is 13.0 Å². The SMILES string of the molecule is CC(=O)Nc1cc(N2CCCC[C@H]2C)c([N+](=O)[O-])cc1Cl. The number of benzene rings is 1. The molecule has 1 aliphatic heterocycles. The fraction of sp³-hybridized carbons (Fsp3) is 0.500. The third-order valence-corrected chi connectivity index (χ3v) is 4.00. The quantitative estimate of drug-likeness (QED) is 0.683. The van der Waals surface area contributed by atoms with E-state index in [1.807, 2.05) is 4.90 Å². The first-order valence-corrected chi connectivity index (χ1v) is 7.30. The van der Waals surface area contributed by atoms with Gasteiger partial charge >= 0.3 is 0 Å². The van der Waals surface area contributed by atoms with Gasteiger partial charge in [0.15, 0.2) is 0 Å². The Hall–Kier alpha value is -1.82. The number of nitrogens with one attached hydrogen (secondary N) is 1. The fourth-order valence-electron chi connectivity index (χ4n) is 2.67. The van der Waals surface area contributed by atoms with Gasteiger partial charge < -0.3 is 10.2 Å². The zero-order chi connectivity index (χ0) is 15.6. The standard InChI is InChI=1S/C14H18ClN3O3/c1-9-5-3-4-6-17(9)13-8-12(16-10(2)19)11(15)7-14(13)18(20)21/h7-9H,3-6H2,1-2H3,(H,16,19)/t9-/m1/s1. The normalized spacial score (nSPS) is 18.4. The first-order valence-electron chi connectivity index (χ1n) is 6.92. The van der Waals surface area contributed by atoms with Gasteiger partial charge in [-0.1, -0.05) is 11.6 Å². The molecule has 1 saturated heterocycles. The van der Waals surface area contributed by atoms with E-state index in [9.17, 15) is 14.9 Å². The number of nitro benzene ring substituents is 1. The van der Waals surface area contributed by atoms with Crippen molar-refractivity contribution in [1.82, 2.24) is 0 Å². The molecule has 0 aliphatic carbocycles. The van der Waals surface area contributed by atoms with Crippen LogP contribution in [0.1, 0.15) is 33.1 Å². The van der Waals surface area contributed by atoms with Crippen LogP contribution in [0.25, 0.3) is 0 Å². The van der Waals surface area contributed by atoms with Gasteiger partial charge in [0.1, 0.15) is 5.69 Å². The molecule has 2 rings (SSSR count). The largest absolute Gasteiger partial charge is 0.363 e. The molecule has 1 fully saturated rings. The minimum Gasteiger partial charge on any atom is -0.363 e.